The molecule has 7 nitrogen and oxygen atoms in total. The van der Waals surface area contributed by atoms with Crippen molar-refractivity contribution in [1.29, 1.82) is 5.26 Å². The van der Waals surface area contributed by atoms with Gasteiger partial charge in [0.2, 0.25) is 18.6 Å². The Balaban J connectivity index is 1.99. The number of nitrogens with two attached hydrogens (primary N) is 1. The monoisotopic (exact) mass is 372 g/mol. The SMILES string of the molecule is CC(C)(C)c1[nH]nc2c1[C@@H](c1cc3c(cc1Cl)OCO3)C(C#N)=C(N)O2. The average Bonchev–Trinajstić information content (AvgIpc) is 3.18. The highest BCUT2D eigenvalue weighted by atomic mass is 35.5. The van der Waals surface area contributed by atoms with E-state index in [1.807, 2.05) is 20.8 Å². The number of halogens is 1. The number of allylic oxidation sites excluding steroid dienone is 1. The molecule has 2 aromatic rings. The molecule has 2 aliphatic rings. The highest BCUT2D eigenvalue weighted by Crippen LogP contribution is 2.49. The third-order valence-electron chi connectivity index (χ3n) is 4.49. The molecule has 134 valence electrons. The smallest absolute Gasteiger partial charge is 0.244 e. The van der Waals surface area contributed by atoms with Crippen molar-refractivity contribution in [3.8, 4) is 23.4 Å². The van der Waals surface area contributed by atoms with E-state index in [1.54, 1.807) is 12.1 Å². The average molecular weight is 373 g/mol. The second-order valence-corrected chi connectivity index (χ2v) is 7.63. The first-order chi connectivity index (χ1) is 12.3. The minimum absolute atomic E-state index is 0.0192. The van der Waals surface area contributed by atoms with Gasteiger partial charge in [-0.15, -0.1) is 5.10 Å². The molecule has 26 heavy (non-hydrogen) atoms. The number of nitrogens with zero attached hydrogens (tertiary/aromatic N) is 2. The fraction of sp³-hybridized carbons (Fsp3) is 0.333. The van der Waals surface area contributed by atoms with E-state index in [9.17, 15) is 5.26 Å². The molecular weight excluding hydrogens is 356 g/mol. The molecule has 0 saturated heterocycles. The standard InChI is InChI=1S/C18H17ClN4O3/c1-18(2,3)15-14-13(9(6-20)16(21)26-17(14)23-22-15)8-4-11-12(5-10(8)19)25-7-24-11/h4-5,13H,7,21H2,1-3H3,(H,22,23)/t13-/m0/s1. The second kappa shape index (κ2) is 5.58. The van der Waals surface area contributed by atoms with Gasteiger partial charge in [0.15, 0.2) is 11.5 Å². The lowest BCUT2D eigenvalue weighted by atomic mass is 9.78. The van der Waals surface area contributed by atoms with Crippen LogP contribution in [0.1, 0.15) is 43.5 Å². The van der Waals surface area contributed by atoms with Crippen LogP contribution in [-0.2, 0) is 5.41 Å². The maximum Gasteiger partial charge on any atom is 0.244 e. The summed E-state index contributed by atoms with van der Waals surface area (Å²) in [5.74, 6) is 1.01. The van der Waals surface area contributed by atoms with Crippen LogP contribution in [0.5, 0.6) is 17.4 Å². The summed E-state index contributed by atoms with van der Waals surface area (Å²) < 4.78 is 16.4. The van der Waals surface area contributed by atoms with Crippen LogP contribution in [0.4, 0.5) is 0 Å². The Morgan fingerprint density at radius 1 is 1.31 bits per heavy atom. The van der Waals surface area contributed by atoms with E-state index in [4.69, 9.17) is 31.5 Å². The minimum atomic E-state index is -0.515. The normalized spacial score (nSPS) is 18.3. The molecule has 8 heteroatoms. The summed E-state index contributed by atoms with van der Waals surface area (Å²) in [5.41, 5.74) is 8.32. The Hall–Kier alpha value is -2.85. The van der Waals surface area contributed by atoms with Gasteiger partial charge in [0, 0.05) is 22.2 Å². The summed E-state index contributed by atoms with van der Waals surface area (Å²) in [6.07, 6.45) is 0. The Labute approximate surface area is 155 Å². The number of fused-ring (bicyclic) bond motifs is 2. The molecule has 0 unspecified atom stereocenters. The number of hydrogen-bond acceptors (Lipinski definition) is 6. The lowest BCUT2D eigenvalue weighted by molar-refractivity contribution is 0.174. The summed E-state index contributed by atoms with van der Waals surface area (Å²) in [6.45, 7) is 6.28. The molecule has 0 spiro atoms. The van der Waals surface area contributed by atoms with E-state index in [2.05, 4.69) is 16.3 Å². The summed E-state index contributed by atoms with van der Waals surface area (Å²) in [7, 11) is 0. The molecule has 0 amide bonds. The van der Waals surface area contributed by atoms with Gasteiger partial charge in [-0.05, 0) is 11.6 Å². The summed E-state index contributed by atoms with van der Waals surface area (Å²) in [6, 6.07) is 5.64. The Morgan fingerprint density at radius 3 is 2.65 bits per heavy atom. The zero-order valence-corrected chi connectivity index (χ0v) is 15.3. The molecule has 0 fully saturated rings. The molecule has 1 atom stereocenters. The van der Waals surface area contributed by atoms with Crippen LogP contribution in [0, 0.1) is 11.3 Å². The number of nitrogens with one attached hydrogen (secondary N) is 1. The van der Waals surface area contributed by atoms with Gasteiger partial charge < -0.3 is 19.9 Å². The number of benzene rings is 1. The molecule has 2 aliphatic heterocycles. The number of H-pyrrole nitrogens is 1. The number of ether oxygens (including phenoxy) is 3. The lowest BCUT2D eigenvalue weighted by Crippen LogP contribution is -2.24. The van der Waals surface area contributed by atoms with Crippen LogP contribution in [0.2, 0.25) is 5.02 Å². The summed E-state index contributed by atoms with van der Waals surface area (Å²) >= 11 is 6.53. The van der Waals surface area contributed by atoms with Crippen molar-refractivity contribution < 1.29 is 14.2 Å². The number of aromatic nitrogens is 2. The first kappa shape index (κ1) is 16.6. The molecule has 0 saturated carbocycles. The van der Waals surface area contributed by atoms with Gasteiger partial charge in [-0.1, -0.05) is 32.4 Å². The molecule has 0 aliphatic carbocycles. The van der Waals surface area contributed by atoms with Crippen molar-refractivity contribution in [3.63, 3.8) is 0 Å². The maximum absolute atomic E-state index is 9.74. The highest BCUT2D eigenvalue weighted by Gasteiger charge is 2.39. The van der Waals surface area contributed by atoms with Crippen molar-refractivity contribution in [2.24, 2.45) is 5.73 Å². The predicted molar refractivity (Wildman–Crippen MR) is 94.2 cm³/mol. The lowest BCUT2D eigenvalue weighted by Gasteiger charge is -2.28. The minimum Gasteiger partial charge on any atom is -0.454 e. The number of aromatic amines is 1. The molecule has 1 aromatic heterocycles. The van der Waals surface area contributed by atoms with Crippen molar-refractivity contribution in [2.75, 3.05) is 6.79 Å². The van der Waals surface area contributed by atoms with Crippen LogP contribution >= 0.6 is 11.6 Å². The van der Waals surface area contributed by atoms with Crippen LogP contribution in [0.25, 0.3) is 0 Å². The fourth-order valence-corrected chi connectivity index (χ4v) is 3.54. The molecule has 0 bridgehead atoms. The Bertz CT molecular complexity index is 982. The number of rotatable bonds is 1. The second-order valence-electron chi connectivity index (χ2n) is 7.22. The van der Waals surface area contributed by atoms with Gasteiger partial charge in [-0.2, -0.15) is 5.26 Å². The van der Waals surface area contributed by atoms with Crippen molar-refractivity contribution in [2.45, 2.75) is 32.1 Å². The third-order valence-corrected chi connectivity index (χ3v) is 4.82. The predicted octanol–water partition coefficient (Wildman–Crippen LogP) is 3.31. The largest absolute Gasteiger partial charge is 0.454 e. The van der Waals surface area contributed by atoms with Crippen molar-refractivity contribution in [1.82, 2.24) is 10.2 Å². The van der Waals surface area contributed by atoms with Crippen LogP contribution in [0.3, 0.4) is 0 Å². The van der Waals surface area contributed by atoms with E-state index >= 15 is 0 Å². The van der Waals surface area contributed by atoms with E-state index in [0.717, 1.165) is 11.3 Å². The summed E-state index contributed by atoms with van der Waals surface area (Å²) in [4.78, 5) is 0. The Kier molecular flexibility index (Phi) is 3.56. The fourth-order valence-electron chi connectivity index (χ4n) is 3.28. The van der Waals surface area contributed by atoms with Crippen LogP contribution in [0.15, 0.2) is 23.6 Å². The van der Waals surface area contributed by atoms with Gasteiger partial charge in [-0.25, -0.2) is 0 Å². The van der Waals surface area contributed by atoms with E-state index < -0.39 is 5.92 Å². The van der Waals surface area contributed by atoms with Crippen molar-refractivity contribution >= 4 is 11.6 Å². The zero-order chi connectivity index (χ0) is 18.6. The van der Waals surface area contributed by atoms with Crippen LogP contribution < -0.4 is 19.9 Å². The molecule has 0 radical (unpaired) electrons. The molecule has 1 aromatic carbocycles. The highest BCUT2D eigenvalue weighted by molar-refractivity contribution is 6.31. The maximum atomic E-state index is 9.74. The van der Waals surface area contributed by atoms with Crippen molar-refractivity contribution in [3.05, 3.63) is 45.4 Å². The molecule has 4 rings (SSSR count). The molecule has 3 heterocycles. The molecular formula is C18H17ClN4O3. The van der Waals surface area contributed by atoms with E-state index in [1.165, 1.54) is 0 Å². The van der Waals surface area contributed by atoms with Gasteiger partial charge in [0.05, 0.1) is 11.5 Å². The molecule has 3 N–H and O–H groups in total. The van der Waals surface area contributed by atoms with E-state index in [-0.39, 0.29) is 23.7 Å². The van der Waals surface area contributed by atoms with Crippen LogP contribution in [-0.4, -0.2) is 17.0 Å². The third kappa shape index (κ3) is 2.37. The first-order valence-electron chi connectivity index (χ1n) is 8.06. The zero-order valence-electron chi connectivity index (χ0n) is 14.5. The van der Waals surface area contributed by atoms with Gasteiger partial charge >= 0.3 is 0 Å². The quantitative estimate of drug-likeness (QED) is 0.795. The number of hydrogen-bond donors (Lipinski definition) is 2. The van der Waals surface area contributed by atoms with Gasteiger partial charge in [0.1, 0.15) is 11.6 Å². The number of nitriles is 1. The topological polar surface area (TPSA) is 106 Å². The first-order valence-corrected chi connectivity index (χ1v) is 8.44. The van der Waals surface area contributed by atoms with Gasteiger partial charge in [0.25, 0.3) is 0 Å². The summed E-state index contributed by atoms with van der Waals surface area (Å²) in [5, 5.41) is 17.5. The van der Waals surface area contributed by atoms with E-state index in [0.29, 0.717) is 28.0 Å². The Morgan fingerprint density at radius 2 is 2.00 bits per heavy atom. The van der Waals surface area contributed by atoms with Gasteiger partial charge in [-0.3, -0.25) is 5.10 Å².